The van der Waals surface area contributed by atoms with Crippen LogP contribution in [0.3, 0.4) is 0 Å². The van der Waals surface area contributed by atoms with Crippen LogP contribution in [-0.4, -0.2) is 11.3 Å². The second kappa shape index (κ2) is 6.23. The van der Waals surface area contributed by atoms with E-state index in [-0.39, 0.29) is 24.8 Å². The van der Waals surface area contributed by atoms with Gasteiger partial charge in [0.1, 0.15) is 12.0 Å². The van der Waals surface area contributed by atoms with E-state index < -0.39 is 0 Å². The van der Waals surface area contributed by atoms with Crippen molar-refractivity contribution in [3.05, 3.63) is 48.7 Å². The van der Waals surface area contributed by atoms with Crippen LogP contribution in [0.5, 0.6) is 0 Å². The summed E-state index contributed by atoms with van der Waals surface area (Å²) in [5.74, 6) is 0.772. The highest BCUT2D eigenvalue weighted by Gasteiger charge is 2.11. The number of para-hydroxylation sites is 1. The average molecular weight is 283 g/mol. The fourth-order valence-electron chi connectivity index (χ4n) is 1.57. The Morgan fingerprint density at radius 1 is 0.944 bits per heavy atom. The first-order valence-electron chi connectivity index (χ1n) is 5.04. The molecule has 1 N–H and O–H groups in total. The van der Waals surface area contributed by atoms with Crippen molar-refractivity contribution in [2.24, 2.45) is 4.99 Å². The molecule has 0 fully saturated rings. The molecule has 0 bridgehead atoms. The molecule has 4 nitrogen and oxygen atoms in total. The molecule has 1 aromatic heterocycles. The fourth-order valence-corrected chi connectivity index (χ4v) is 1.57. The topological polar surface area (TPSA) is 40.5 Å². The van der Waals surface area contributed by atoms with Gasteiger partial charge in [0.25, 0.3) is 0 Å². The lowest BCUT2D eigenvalue weighted by Crippen LogP contribution is -2.30. The molecule has 2 aromatic rings. The summed E-state index contributed by atoms with van der Waals surface area (Å²) in [6, 6.07) is 13.8. The zero-order chi connectivity index (χ0) is 10.8. The van der Waals surface area contributed by atoms with Crippen LogP contribution in [0.2, 0.25) is 0 Å². The minimum atomic E-state index is 0. The number of fused-ring (bicyclic) bond motifs is 1. The van der Waals surface area contributed by atoms with Crippen molar-refractivity contribution in [3.8, 4) is 0 Å². The first-order valence-corrected chi connectivity index (χ1v) is 5.04. The number of rotatable bonds is 1. The summed E-state index contributed by atoms with van der Waals surface area (Å²) < 4.78 is 0. The number of aromatic nitrogens is 1. The van der Waals surface area contributed by atoms with Gasteiger partial charge >= 0.3 is 0 Å². The molecule has 3 rings (SSSR count). The number of pyridine rings is 1. The van der Waals surface area contributed by atoms with E-state index >= 15 is 0 Å². The number of hydrogen-bond acceptors (Lipinski definition) is 4. The Balaban J connectivity index is 0.000000810. The van der Waals surface area contributed by atoms with Crippen molar-refractivity contribution in [1.82, 2.24) is 4.98 Å². The minimum absolute atomic E-state index is 0. The van der Waals surface area contributed by atoms with E-state index in [2.05, 4.69) is 15.4 Å². The van der Waals surface area contributed by atoms with E-state index in [1.54, 1.807) is 12.5 Å². The third-order valence-electron chi connectivity index (χ3n) is 2.36. The number of hydrazine groups is 1. The highest BCUT2D eigenvalue weighted by molar-refractivity contribution is 5.89. The molecule has 0 spiro atoms. The fraction of sp³-hybridized carbons (Fsp3) is 0. The second-order valence-electron chi connectivity index (χ2n) is 3.43. The lowest BCUT2D eigenvalue weighted by molar-refractivity contribution is 1.14. The van der Waals surface area contributed by atoms with Gasteiger partial charge in [0.15, 0.2) is 5.82 Å². The number of halogens is 2. The largest absolute Gasteiger partial charge is 0.274 e. The molecule has 0 saturated carbocycles. The quantitative estimate of drug-likeness (QED) is 0.871. The summed E-state index contributed by atoms with van der Waals surface area (Å²) in [6.45, 7) is 0. The van der Waals surface area contributed by atoms with E-state index in [9.17, 15) is 0 Å². The summed E-state index contributed by atoms with van der Waals surface area (Å²) in [4.78, 5) is 8.56. The maximum atomic E-state index is 4.33. The molecule has 0 unspecified atom stereocenters. The van der Waals surface area contributed by atoms with Gasteiger partial charge in [0, 0.05) is 6.20 Å². The molecule has 18 heavy (non-hydrogen) atoms. The third kappa shape index (κ3) is 2.72. The molecule has 2 heterocycles. The van der Waals surface area contributed by atoms with E-state index in [0.717, 1.165) is 17.2 Å². The summed E-state index contributed by atoms with van der Waals surface area (Å²) in [5.41, 5.74) is 5.07. The Bertz CT molecular complexity index is 531. The molecular formula is C12H12Cl2N4. The van der Waals surface area contributed by atoms with Crippen LogP contribution in [0.25, 0.3) is 0 Å². The minimum Gasteiger partial charge on any atom is -0.274 e. The number of hydrogen-bond donors (Lipinski definition) is 1. The van der Waals surface area contributed by atoms with Crippen molar-refractivity contribution in [2.75, 3.05) is 10.4 Å². The molecule has 6 heteroatoms. The highest BCUT2D eigenvalue weighted by atomic mass is 35.5. The van der Waals surface area contributed by atoms with Gasteiger partial charge in [-0.05, 0) is 24.3 Å². The summed E-state index contributed by atoms with van der Waals surface area (Å²) in [5, 5.41) is 1.84. The number of benzene rings is 1. The Labute approximate surface area is 118 Å². The summed E-state index contributed by atoms with van der Waals surface area (Å²) in [6.07, 6.45) is 3.50. The summed E-state index contributed by atoms with van der Waals surface area (Å²) in [7, 11) is 0. The standard InChI is InChI=1S/C12H10N4.2ClH/c1-2-5-10(6-3-1)16-9-14-11-7-4-8-13-12(11)15-16;;/h1-9H,(H,13,15);2*1H. The van der Waals surface area contributed by atoms with E-state index in [1.807, 2.05) is 47.5 Å². The SMILES string of the molecule is C1=Nc2cccnc2NN1c1ccccc1.Cl.Cl. The monoisotopic (exact) mass is 282 g/mol. The van der Waals surface area contributed by atoms with Crippen LogP contribution < -0.4 is 10.4 Å². The smallest absolute Gasteiger partial charge is 0.171 e. The molecule has 0 amide bonds. The molecular weight excluding hydrogens is 271 g/mol. The molecule has 1 aliphatic rings. The van der Waals surface area contributed by atoms with Crippen LogP contribution in [-0.2, 0) is 0 Å². The van der Waals surface area contributed by atoms with E-state index in [0.29, 0.717) is 0 Å². The van der Waals surface area contributed by atoms with Crippen molar-refractivity contribution in [1.29, 1.82) is 0 Å². The van der Waals surface area contributed by atoms with Gasteiger partial charge in [0.2, 0.25) is 0 Å². The molecule has 1 aromatic carbocycles. The van der Waals surface area contributed by atoms with Crippen LogP contribution >= 0.6 is 24.8 Å². The molecule has 94 valence electrons. The van der Waals surface area contributed by atoms with E-state index in [4.69, 9.17) is 0 Å². The maximum Gasteiger partial charge on any atom is 0.171 e. The lowest BCUT2D eigenvalue weighted by Gasteiger charge is -2.24. The Hall–Kier alpha value is -1.78. The highest BCUT2D eigenvalue weighted by Crippen LogP contribution is 2.26. The third-order valence-corrected chi connectivity index (χ3v) is 2.36. The Morgan fingerprint density at radius 3 is 2.50 bits per heavy atom. The Kier molecular flexibility index (Phi) is 4.95. The molecule has 0 radical (unpaired) electrons. The molecule has 0 saturated heterocycles. The number of nitrogens with zero attached hydrogens (tertiary/aromatic N) is 3. The van der Waals surface area contributed by atoms with Crippen molar-refractivity contribution in [3.63, 3.8) is 0 Å². The predicted molar refractivity (Wildman–Crippen MR) is 79.4 cm³/mol. The van der Waals surface area contributed by atoms with Gasteiger partial charge in [-0.3, -0.25) is 5.43 Å². The normalized spacial score (nSPS) is 11.7. The second-order valence-corrected chi connectivity index (χ2v) is 3.43. The Morgan fingerprint density at radius 2 is 1.72 bits per heavy atom. The lowest BCUT2D eigenvalue weighted by atomic mass is 10.3. The maximum absolute atomic E-state index is 4.33. The summed E-state index contributed by atoms with van der Waals surface area (Å²) >= 11 is 0. The average Bonchev–Trinajstić information content (AvgIpc) is 2.39. The van der Waals surface area contributed by atoms with Crippen LogP contribution in [0, 0.1) is 0 Å². The van der Waals surface area contributed by atoms with Crippen LogP contribution in [0.4, 0.5) is 17.2 Å². The van der Waals surface area contributed by atoms with Crippen molar-refractivity contribution in [2.45, 2.75) is 0 Å². The number of nitrogens with one attached hydrogen (secondary N) is 1. The van der Waals surface area contributed by atoms with Gasteiger partial charge in [-0.25, -0.2) is 15.0 Å². The zero-order valence-electron chi connectivity index (χ0n) is 9.35. The predicted octanol–water partition coefficient (Wildman–Crippen LogP) is 3.43. The van der Waals surface area contributed by atoms with Gasteiger partial charge in [-0.1, -0.05) is 18.2 Å². The van der Waals surface area contributed by atoms with Gasteiger partial charge in [-0.15, -0.1) is 24.8 Å². The van der Waals surface area contributed by atoms with Gasteiger partial charge in [-0.2, -0.15) is 0 Å². The van der Waals surface area contributed by atoms with Gasteiger partial charge in [0.05, 0.1) is 5.69 Å². The first kappa shape index (κ1) is 14.3. The zero-order valence-corrected chi connectivity index (χ0v) is 11.0. The molecule has 0 atom stereocenters. The van der Waals surface area contributed by atoms with Crippen molar-refractivity contribution >= 4 is 48.3 Å². The van der Waals surface area contributed by atoms with Gasteiger partial charge < -0.3 is 0 Å². The van der Waals surface area contributed by atoms with E-state index in [1.165, 1.54) is 0 Å². The number of aliphatic imine (C=N–C) groups is 1. The molecule has 0 aliphatic carbocycles. The van der Waals surface area contributed by atoms with Crippen LogP contribution in [0.1, 0.15) is 0 Å². The van der Waals surface area contributed by atoms with Crippen LogP contribution in [0.15, 0.2) is 53.7 Å². The number of anilines is 2. The molecule has 1 aliphatic heterocycles. The van der Waals surface area contributed by atoms with Crippen molar-refractivity contribution < 1.29 is 0 Å². The first-order chi connectivity index (χ1) is 7.93.